The summed E-state index contributed by atoms with van der Waals surface area (Å²) >= 11 is 0. The highest BCUT2D eigenvalue weighted by atomic mass is 15.0. The van der Waals surface area contributed by atoms with Crippen LogP contribution in [0.4, 0.5) is 5.82 Å². The number of rotatable bonds is 3. The molecule has 0 aliphatic rings. The van der Waals surface area contributed by atoms with E-state index < -0.39 is 0 Å². The van der Waals surface area contributed by atoms with Gasteiger partial charge in [0.1, 0.15) is 17.8 Å². The average Bonchev–Trinajstić information content (AvgIpc) is 2.80. The normalized spacial score (nSPS) is 10.7. The summed E-state index contributed by atoms with van der Waals surface area (Å²) in [6, 6.07) is 10.3. The standard InChI is InChI=1S/C14H14N4/c1-10-7-15-13-12(10)14(18-9-17-13)16-8-11-5-3-2-4-6-11/h2-7,9H,8H2,1H3,(H2,15,16,17,18). The minimum absolute atomic E-state index is 0.761. The summed E-state index contributed by atoms with van der Waals surface area (Å²) in [5.74, 6) is 0.877. The van der Waals surface area contributed by atoms with Crippen LogP contribution in [0.15, 0.2) is 42.9 Å². The maximum Gasteiger partial charge on any atom is 0.143 e. The van der Waals surface area contributed by atoms with Gasteiger partial charge in [-0.25, -0.2) is 9.97 Å². The maximum absolute atomic E-state index is 4.31. The summed E-state index contributed by atoms with van der Waals surface area (Å²) in [5.41, 5.74) is 3.26. The highest BCUT2D eigenvalue weighted by molar-refractivity contribution is 5.89. The summed E-state index contributed by atoms with van der Waals surface area (Å²) in [6.45, 7) is 2.81. The molecule has 0 amide bonds. The van der Waals surface area contributed by atoms with Crippen molar-refractivity contribution in [1.29, 1.82) is 0 Å². The number of aryl methyl sites for hydroxylation is 1. The molecule has 0 saturated heterocycles. The number of hydrogen-bond acceptors (Lipinski definition) is 3. The van der Waals surface area contributed by atoms with Crippen molar-refractivity contribution in [2.75, 3.05) is 5.32 Å². The van der Waals surface area contributed by atoms with Crippen molar-refractivity contribution in [3.05, 3.63) is 54.0 Å². The van der Waals surface area contributed by atoms with Crippen LogP contribution >= 0.6 is 0 Å². The summed E-state index contributed by atoms with van der Waals surface area (Å²) in [5, 5.41) is 4.42. The highest BCUT2D eigenvalue weighted by Crippen LogP contribution is 2.22. The monoisotopic (exact) mass is 238 g/mol. The number of aromatic amines is 1. The lowest BCUT2D eigenvalue weighted by Crippen LogP contribution is -2.02. The molecule has 0 fully saturated rings. The second-order valence-electron chi connectivity index (χ2n) is 4.26. The van der Waals surface area contributed by atoms with Crippen molar-refractivity contribution < 1.29 is 0 Å². The molecule has 0 saturated carbocycles. The summed E-state index contributed by atoms with van der Waals surface area (Å²) in [7, 11) is 0. The van der Waals surface area contributed by atoms with Crippen LogP contribution in [0.5, 0.6) is 0 Å². The topological polar surface area (TPSA) is 53.6 Å². The average molecular weight is 238 g/mol. The number of anilines is 1. The van der Waals surface area contributed by atoms with Gasteiger partial charge < -0.3 is 10.3 Å². The molecule has 2 aromatic heterocycles. The number of fused-ring (bicyclic) bond motifs is 1. The Labute approximate surface area is 105 Å². The van der Waals surface area contributed by atoms with Gasteiger partial charge in [0, 0.05) is 12.7 Å². The predicted octanol–water partition coefficient (Wildman–Crippen LogP) is 2.88. The van der Waals surface area contributed by atoms with E-state index in [0.29, 0.717) is 0 Å². The molecule has 0 spiro atoms. The predicted molar refractivity (Wildman–Crippen MR) is 72.4 cm³/mol. The lowest BCUT2D eigenvalue weighted by molar-refractivity contribution is 1.10. The van der Waals surface area contributed by atoms with Crippen LogP contribution in [0.1, 0.15) is 11.1 Å². The molecule has 2 heterocycles. The Morgan fingerprint density at radius 3 is 2.83 bits per heavy atom. The van der Waals surface area contributed by atoms with Crippen LogP contribution in [0.2, 0.25) is 0 Å². The molecular weight excluding hydrogens is 224 g/mol. The smallest absolute Gasteiger partial charge is 0.143 e. The number of benzene rings is 1. The van der Waals surface area contributed by atoms with Crippen LogP contribution in [0, 0.1) is 6.92 Å². The molecule has 18 heavy (non-hydrogen) atoms. The molecule has 4 nitrogen and oxygen atoms in total. The summed E-state index contributed by atoms with van der Waals surface area (Å²) < 4.78 is 0. The SMILES string of the molecule is Cc1c[nH]c2ncnc(NCc3ccccc3)c12. The van der Waals surface area contributed by atoms with Crippen molar-refractivity contribution in [1.82, 2.24) is 15.0 Å². The van der Waals surface area contributed by atoms with Crippen LogP contribution in [-0.2, 0) is 6.54 Å². The van der Waals surface area contributed by atoms with E-state index in [2.05, 4.69) is 39.3 Å². The minimum atomic E-state index is 0.761. The molecule has 0 aliphatic carbocycles. The van der Waals surface area contributed by atoms with E-state index in [1.54, 1.807) is 6.33 Å². The van der Waals surface area contributed by atoms with Gasteiger partial charge in [0.2, 0.25) is 0 Å². The second-order valence-corrected chi connectivity index (χ2v) is 4.26. The van der Waals surface area contributed by atoms with Crippen LogP contribution in [0.3, 0.4) is 0 Å². The molecule has 0 atom stereocenters. The van der Waals surface area contributed by atoms with Gasteiger partial charge >= 0.3 is 0 Å². The lowest BCUT2D eigenvalue weighted by Gasteiger charge is -2.07. The first-order valence-corrected chi connectivity index (χ1v) is 5.91. The van der Waals surface area contributed by atoms with Crippen molar-refractivity contribution in [2.45, 2.75) is 13.5 Å². The Morgan fingerprint density at radius 2 is 2.00 bits per heavy atom. The third-order valence-electron chi connectivity index (χ3n) is 2.97. The fourth-order valence-electron chi connectivity index (χ4n) is 2.03. The van der Waals surface area contributed by atoms with Crippen LogP contribution in [0.25, 0.3) is 11.0 Å². The Bertz CT molecular complexity index is 658. The molecule has 4 heteroatoms. The maximum atomic E-state index is 4.31. The van der Waals surface area contributed by atoms with Gasteiger partial charge in [-0.3, -0.25) is 0 Å². The number of hydrogen-bond donors (Lipinski definition) is 2. The number of aromatic nitrogens is 3. The van der Waals surface area contributed by atoms with Crippen molar-refractivity contribution in [3.8, 4) is 0 Å². The zero-order valence-corrected chi connectivity index (χ0v) is 10.1. The minimum Gasteiger partial charge on any atom is -0.365 e. The summed E-state index contributed by atoms with van der Waals surface area (Å²) in [4.78, 5) is 11.7. The lowest BCUT2D eigenvalue weighted by atomic mass is 10.2. The second kappa shape index (κ2) is 4.49. The van der Waals surface area contributed by atoms with Crippen molar-refractivity contribution in [3.63, 3.8) is 0 Å². The highest BCUT2D eigenvalue weighted by Gasteiger charge is 2.07. The van der Waals surface area contributed by atoms with E-state index in [1.165, 1.54) is 5.56 Å². The van der Waals surface area contributed by atoms with Gasteiger partial charge in [0.05, 0.1) is 5.39 Å². The van der Waals surface area contributed by atoms with Crippen LogP contribution in [-0.4, -0.2) is 15.0 Å². The molecule has 0 aliphatic heterocycles. The zero-order chi connectivity index (χ0) is 12.4. The zero-order valence-electron chi connectivity index (χ0n) is 10.1. The van der Waals surface area contributed by atoms with E-state index in [-0.39, 0.29) is 0 Å². The Kier molecular flexibility index (Phi) is 2.68. The molecule has 2 N–H and O–H groups in total. The molecule has 3 rings (SSSR count). The molecular formula is C14H14N4. The molecule has 0 radical (unpaired) electrons. The third kappa shape index (κ3) is 1.93. The molecule has 1 aromatic carbocycles. The van der Waals surface area contributed by atoms with Gasteiger partial charge in [-0.1, -0.05) is 30.3 Å². The van der Waals surface area contributed by atoms with Gasteiger partial charge in [-0.05, 0) is 18.1 Å². The quantitative estimate of drug-likeness (QED) is 0.737. The Balaban J connectivity index is 1.89. The largest absolute Gasteiger partial charge is 0.365 e. The van der Waals surface area contributed by atoms with Gasteiger partial charge in [-0.15, -0.1) is 0 Å². The van der Waals surface area contributed by atoms with E-state index >= 15 is 0 Å². The van der Waals surface area contributed by atoms with Gasteiger partial charge in [-0.2, -0.15) is 0 Å². The van der Waals surface area contributed by atoms with E-state index in [9.17, 15) is 0 Å². The first-order valence-electron chi connectivity index (χ1n) is 5.91. The molecule has 0 bridgehead atoms. The number of nitrogens with zero attached hydrogens (tertiary/aromatic N) is 2. The van der Waals surface area contributed by atoms with Crippen molar-refractivity contribution >= 4 is 16.9 Å². The Hall–Kier alpha value is -2.36. The van der Waals surface area contributed by atoms with Gasteiger partial charge in [0.25, 0.3) is 0 Å². The number of H-pyrrole nitrogens is 1. The Morgan fingerprint density at radius 1 is 1.17 bits per heavy atom. The number of nitrogens with one attached hydrogen (secondary N) is 2. The van der Waals surface area contributed by atoms with Crippen molar-refractivity contribution in [2.24, 2.45) is 0 Å². The first-order chi connectivity index (χ1) is 8.84. The van der Waals surface area contributed by atoms with Gasteiger partial charge in [0.15, 0.2) is 0 Å². The fraction of sp³-hybridized carbons (Fsp3) is 0.143. The molecule has 90 valence electrons. The summed E-state index contributed by atoms with van der Waals surface area (Å²) in [6.07, 6.45) is 3.53. The molecule has 3 aromatic rings. The molecule has 0 unspecified atom stereocenters. The first kappa shape index (κ1) is 10.8. The fourth-order valence-corrected chi connectivity index (χ4v) is 2.03. The van der Waals surface area contributed by atoms with Crippen LogP contribution < -0.4 is 5.32 Å². The van der Waals surface area contributed by atoms with E-state index in [0.717, 1.165) is 29.0 Å². The third-order valence-corrected chi connectivity index (χ3v) is 2.97. The van der Waals surface area contributed by atoms with E-state index in [1.807, 2.05) is 24.4 Å². The van der Waals surface area contributed by atoms with E-state index in [4.69, 9.17) is 0 Å².